The van der Waals surface area contributed by atoms with Crippen LogP contribution in [0.2, 0.25) is 0 Å². The number of rotatable bonds is 4. The van der Waals surface area contributed by atoms with Crippen LogP contribution >= 0.6 is 0 Å². The van der Waals surface area contributed by atoms with Crippen LogP contribution in [-0.2, 0) is 0 Å². The average Bonchev–Trinajstić information content (AvgIpc) is 2.40. The summed E-state index contributed by atoms with van der Waals surface area (Å²) in [6.07, 6.45) is 6.42. The molecule has 2 N–H and O–H groups in total. The second-order valence-electron chi connectivity index (χ2n) is 5.05. The lowest BCUT2D eigenvalue weighted by atomic mass is 9.80. The third-order valence-electron chi connectivity index (χ3n) is 3.83. The van der Waals surface area contributed by atoms with Crippen LogP contribution in [0.1, 0.15) is 39.0 Å². The second kappa shape index (κ2) is 6.25. The highest BCUT2D eigenvalue weighted by Crippen LogP contribution is 2.30. The van der Waals surface area contributed by atoms with Crippen molar-refractivity contribution in [3.8, 4) is 5.75 Å². The van der Waals surface area contributed by atoms with Gasteiger partial charge < -0.3 is 14.8 Å². The van der Waals surface area contributed by atoms with Crippen LogP contribution in [0.5, 0.6) is 5.75 Å². The Morgan fingerprint density at radius 1 is 1.17 bits per heavy atom. The fourth-order valence-electron chi connectivity index (χ4n) is 2.69. The second-order valence-corrected chi connectivity index (χ2v) is 5.05. The van der Waals surface area contributed by atoms with Gasteiger partial charge in [-0.05, 0) is 49.2 Å². The van der Waals surface area contributed by atoms with E-state index in [0.717, 1.165) is 18.6 Å². The van der Waals surface area contributed by atoms with Crippen LogP contribution in [0.15, 0.2) is 24.3 Å². The molecule has 2 unspecified atom stereocenters. The van der Waals surface area contributed by atoms with Crippen molar-refractivity contribution in [2.24, 2.45) is 5.92 Å². The van der Waals surface area contributed by atoms with Gasteiger partial charge in [-0.15, -0.1) is 0 Å². The van der Waals surface area contributed by atoms with Gasteiger partial charge in [-0.2, -0.15) is 0 Å². The molecule has 3 nitrogen and oxygen atoms in total. The summed E-state index contributed by atoms with van der Waals surface area (Å²) in [6, 6.07) is 7.03. The fourth-order valence-corrected chi connectivity index (χ4v) is 2.69. The minimum Gasteiger partial charge on any atom is -0.490 e. The molecule has 2 rings (SSSR count). The van der Waals surface area contributed by atoms with E-state index >= 15 is 0 Å². The first-order chi connectivity index (χ1) is 8.70. The standard InChI is InChI=1S/C14H21BO3/c1-2-11-5-3-4-6-14(11)18-13-9-7-12(8-10-13)15(16)17/h7-11,14,16-17H,2-6H2,1H3. The van der Waals surface area contributed by atoms with E-state index in [2.05, 4.69) is 6.92 Å². The summed E-state index contributed by atoms with van der Waals surface area (Å²) in [6.45, 7) is 2.22. The summed E-state index contributed by atoms with van der Waals surface area (Å²) in [4.78, 5) is 0. The molecule has 0 heterocycles. The molecular weight excluding hydrogens is 227 g/mol. The average molecular weight is 248 g/mol. The zero-order chi connectivity index (χ0) is 13.0. The molecule has 0 saturated heterocycles. The Hall–Kier alpha value is -0.995. The first-order valence-electron chi connectivity index (χ1n) is 6.83. The molecule has 18 heavy (non-hydrogen) atoms. The summed E-state index contributed by atoms with van der Waals surface area (Å²) in [5.41, 5.74) is 0.498. The first kappa shape index (κ1) is 13.4. The molecule has 2 atom stereocenters. The van der Waals surface area contributed by atoms with E-state index in [-0.39, 0.29) is 0 Å². The Bertz CT molecular complexity index is 364. The quantitative estimate of drug-likeness (QED) is 0.797. The van der Waals surface area contributed by atoms with Crippen molar-refractivity contribution in [3.63, 3.8) is 0 Å². The number of hydrogen-bond donors (Lipinski definition) is 2. The SMILES string of the molecule is CCC1CCCCC1Oc1ccc(B(O)O)cc1. The molecule has 1 aliphatic carbocycles. The van der Waals surface area contributed by atoms with Gasteiger partial charge >= 0.3 is 7.12 Å². The predicted octanol–water partition coefficient (Wildman–Crippen LogP) is 1.71. The molecule has 0 aliphatic heterocycles. The minimum absolute atomic E-state index is 0.314. The normalized spacial score (nSPS) is 23.7. The van der Waals surface area contributed by atoms with Gasteiger partial charge in [0, 0.05) is 0 Å². The van der Waals surface area contributed by atoms with E-state index < -0.39 is 7.12 Å². The highest BCUT2D eigenvalue weighted by atomic mass is 16.5. The van der Waals surface area contributed by atoms with Gasteiger partial charge in [0.2, 0.25) is 0 Å². The molecule has 1 aromatic rings. The Kier molecular flexibility index (Phi) is 4.67. The Morgan fingerprint density at radius 3 is 2.44 bits per heavy atom. The maximum absolute atomic E-state index is 9.03. The van der Waals surface area contributed by atoms with Crippen LogP contribution in [-0.4, -0.2) is 23.3 Å². The predicted molar refractivity (Wildman–Crippen MR) is 72.9 cm³/mol. The van der Waals surface area contributed by atoms with Gasteiger partial charge in [-0.25, -0.2) is 0 Å². The van der Waals surface area contributed by atoms with Gasteiger partial charge in [-0.1, -0.05) is 25.5 Å². The highest BCUT2D eigenvalue weighted by molar-refractivity contribution is 6.58. The third-order valence-corrected chi connectivity index (χ3v) is 3.83. The lowest BCUT2D eigenvalue weighted by Gasteiger charge is -2.31. The van der Waals surface area contributed by atoms with Crippen molar-refractivity contribution in [2.75, 3.05) is 0 Å². The van der Waals surface area contributed by atoms with Gasteiger partial charge in [0.25, 0.3) is 0 Å². The van der Waals surface area contributed by atoms with Crippen LogP contribution in [0, 0.1) is 5.92 Å². The smallest absolute Gasteiger partial charge is 0.488 e. The van der Waals surface area contributed by atoms with Gasteiger partial charge in [0.05, 0.1) is 0 Å². The van der Waals surface area contributed by atoms with Crippen molar-refractivity contribution in [1.82, 2.24) is 0 Å². The van der Waals surface area contributed by atoms with E-state index in [4.69, 9.17) is 14.8 Å². The van der Waals surface area contributed by atoms with Crippen LogP contribution in [0.25, 0.3) is 0 Å². The Labute approximate surface area is 109 Å². The molecular formula is C14H21BO3. The summed E-state index contributed by atoms with van der Waals surface area (Å²) < 4.78 is 6.03. The molecule has 0 bridgehead atoms. The van der Waals surface area contributed by atoms with Gasteiger partial charge in [0.1, 0.15) is 11.9 Å². The Balaban J connectivity index is 1.99. The number of ether oxygens (including phenoxy) is 1. The molecule has 4 heteroatoms. The maximum atomic E-state index is 9.03. The molecule has 0 aromatic heterocycles. The zero-order valence-electron chi connectivity index (χ0n) is 10.9. The molecule has 1 saturated carbocycles. The van der Waals surface area contributed by atoms with Crippen LogP contribution in [0.4, 0.5) is 0 Å². The molecule has 98 valence electrons. The molecule has 1 aromatic carbocycles. The van der Waals surface area contributed by atoms with E-state index in [1.807, 2.05) is 12.1 Å². The molecule has 1 aliphatic rings. The molecule has 0 amide bonds. The van der Waals surface area contributed by atoms with Crippen molar-refractivity contribution in [1.29, 1.82) is 0 Å². The lowest BCUT2D eigenvalue weighted by Crippen LogP contribution is -2.31. The van der Waals surface area contributed by atoms with Gasteiger partial charge in [-0.3, -0.25) is 0 Å². The maximum Gasteiger partial charge on any atom is 0.488 e. The van der Waals surface area contributed by atoms with Crippen molar-refractivity contribution in [2.45, 2.75) is 45.1 Å². The number of benzene rings is 1. The minimum atomic E-state index is -1.41. The fraction of sp³-hybridized carbons (Fsp3) is 0.571. The van der Waals surface area contributed by atoms with E-state index in [1.54, 1.807) is 12.1 Å². The Morgan fingerprint density at radius 2 is 1.83 bits per heavy atom. The van der Waals surface area contributed by atoms with Crippen LogP contribution in [0.3, 0.4) is 0 Å². The molecule has 1 fully saturated rings. The monoisotopic (exact) mass is 248 g/mol. The largest absolute Gasteiger partial charge is 0.490 e. The number of hydrogen-bond acceptors (Lipinski definition) is 3. The van der Waals surface area contributed by atoms with Gasteiger partial charge in [0.15, 0.2) is 0 Å². The van der Waals surface area contributed by atoms with E-state index in [0.29, 0.717) is 17.5 Å². The summed E-state index contributed by atoms with van der Waals surface area (Å²) >= 11 is 0. The summed E-state index contributed by atoms with van der Waals surface area (Å²) in [5, 5.41) is 18.1. The summed E-state index contributed by atoms with van der Waals surface area (Å²) in [5.74, 6) is 1.48. The topological polar surface area (TPSA) is 49.7 Å². The molecule has 0 spiro atoms. The highest BCUT2D eigenvalue weighted by Gasteiger charge is 2.25. The first-order valence-corrected chi connectivity index (χ1v) is 6.83. The lowest BCUT2D eigenvalue weighted by molar-refractivity contribution is 0.0904. The van der Waals surface area contributed by atoms with Crippen molar-refractivity contribution in [3.05, 3.63) is 24.3 Å². The van der Waals surface area contributed by atoms with Crippen molar-refractivity contribution < 1.29 is 14.8 Å². The van der Waals surface area contributed by atoms with E-state index in [9.17, 15) is 0 Å². The molecule has 0 radical (unpaired) electrons. The summed E-state index contributed by atoms with van der Waals surface area (Å²) in [7, 11) is -1.41. The van der Waals surface area contributed by atoms with Crippen molar-refractivity contribution >= 4 is 12.6 Å². The zero-order valence-corrected chi connectivity index (χ0v) is 10.9. The van der Waals surface area contributed by atoms with Crippen LogP contribution < -0.4 is 10.2 Å². The third kappa shape index (κ3) is 3.27. The van der Waals surface area contributed by atoms with E-state index in [1.165, 1.54) is 19.3 Å².